The first-order valence-electron chi connectivity index (χ1n) is 5.88. The van der Waals surface area contributed by atoms with Gasteiger partial charge in [0.2, 0.25) is 0 Å². The topological polar surface area (TPSA) is 52.5 Å². The standard InChI is InChI=1S/C14H11ClFN3O/c1-20-10-6-3-7-19-13(17)12(18-14(10)19)8-4-2-5-9(15)11(8)16/h2-7H,17H2,1H3. The summed E-state index contributed by atoms with van der Waals surface area (Å²) in [6.45, 7) is 0. The van der Waals surface area contributed by atoms with Crippen molar-refractivity contribution in [3.8, 4) is 17.0 Å². The molecule has 0 atom stereocenters. The summed E-state index contributed by atoms with van der Waals surface area (Å²) in [4.78, 5) is 4.37. The minimum absolute atomic E-state index is 0.0333. The van der Waals surface area contributed by atoms with Crippen LogP contribution in [-0.2, 0) is 0 Å². The molecule has 0 amide bonds. The molecule has 0 radical (unpaired) electrons. The van der Waals surface area contributed by atoms with E-state index in [1.54, 1.807) is 42.0 Å². The Bertz CT molecular complexity index is 800. The third-order valence-electron chi connectivity index (χ3n) is 3.08. The average molecular weight is 292 g/mol. The Labute approximate surface area is 119 Å². The zero-order valence-electron chi connectivity index (χ0n) is 10.6. The van der Waals surface area contributed by atoms with E-state index in [2.05, 4.69) is 4.98 Å². The van der Waals surface area contributed by atoms with Gasteiger partial charge in [-0.2, -0.15) is 0 Å². The molecule has 0 saturated carbocycles. The van der Waals surface area contributed by atoms with Crippen LogP contribution in [0.15, 0.2) is 36.5 Å². The summed E-state index contributed by atoms with van der Waals surface area (Å²) in [6.07, 6.45) is 1.74. The summed E-state index contributed by atoms with van der Waals surface area (Å²) in [7, 11) is 1.54. The lowest BCUT2D eigenvalue weighted by Gasteiger charge is -2.02. The molecule has 0 spiro atoms. The summed E-state index contributed by atoms with van der Waals surface area (Å²) in [5, 5.41) is 0.0333. The molecule has 3 rings (SSSR count). The number of benzene rings is 1. The Morgan fingerprint density at radius 3 is 2.85 bits per heavy atom. The van der Waals surface area contributed by atoms with Crippen LogP contribution < -0.4 is 10.5 Å². The van der Waals surface area contributed by atoms with Gasteiger partial charge < -0.3 is 10.5 Å². The highest BCUT2D eigenvalue weighted by Gasteiger charge is 2.18. The molecule has 0 aliphatic carbocycles. The predicted molar refractivity (Wildman–Crippen MR) is 76.6 cm³/mol. The molecule has 2 aromatic heterocycles. The maximum Gasteiger partial charge on any atom is 0.181 e. The van der Waals surface area contributed by atoms with Crippen LogP contribution in [0.2, 0.25) is 5.02 Å². The quantitative estimate of drug-likeness (QED) is 0.787. The number of rotatable bonds is 2. The van der Waals surface area contributed by atoms with E-state index in [0.717, 1.165) is 0 Å². The first kappa shape index (κ1) is 12.7. The second kappa shape index (κ2) is 4.68. The van der Waals surface area contributed by atoms with Crippen molar-refractivity contribution in [2.45, 2.75) is 0 Å². The monoisotopic (exact) mass is 291 g/mol. The number of nitrogens with two attached hydrogens (primary N) is 1. The van der Waals surface area contributed by atoms with Crippen molar-refractivity contribution in [2.75, 3.05) is 12.8 Å². The van der Waals surface area contributed by atoms with E-state index in [0.29, 0.717) is 22.9 Å². The van der Waals surface area contributed by atoms with Crippen LogP contribution in [0.4, 0.5) is 10.2 Å². The van der Waals surface area contributed by atoms with Gasteiger partial charge in [-0.1, -0.05) is 17.7 Å². The number of hydrogen-bond acceptors (Lipinski definition) is 3. The molecule has 102 valence electrons. The van der Waals surface area contributed by atoms with Crippen molar-refractivity contribution < 1.29 is 9.13 Å². The number of methoxy groups -OCH3 is 1. The van der Waals surface area contributed by atoms with Gasteiger partial charge in [0.15, 0.2) is 17.2 Å². The van der Waals surface area contributed by atoms with E-state index in [1.807, 2.05) is 0 Å². The molecule has 4 nitrogen and oxygen atoms in total. The van der Waals surface area contributed by atoms with Gasteiger partial charge in [-0.15, -0.1) is 0 Å². The fourth-order valence-corrected chi connectivity index (χ4v) is 2.28. The molecular formula is C14H11ClFN3O. The van der Waals surface area contributed by atoms with Gasteiger partial charge in [-0.05, 0) is 24.3 Å². The maximum absolute atomic E-state index is 14.1. The number of nitrogen functional groups attached to an aromatic ring is 1. The summed E-state index contributed by atoms with van der Waals surface area (Å²) in [5.74, 6) is 0.358. The Hall–Kier alpha value is -2.27. The highest BCUT2D eigenvalue weighted by atomic mass is 35.5. The first-order valence-corrected chi connectivity index (χ1v) is 6.26. The molecule has 2 N–H and O–H groups in total. The SMILES string of the molecule is COc1cccn2c(N)c(-c3cccc(Cl)c3F)nc12. The molecular weight excluding hydrogens is 281 g/mol. The van der Waals surface area contributed by atoms with Crippen molar-refractivity contribution in [1.82, 2.24) is 9.38 Å². The first-order chi connectivity index (χ1) is 9.63. The zero-order valence-corrected chi connectivity index (χ0v) is 11.4. The molecule has 20 heavy (non-hydrogen) atoms. The maximum atomic E-state index is 14.1. The second-order valence-corrected chi connectivity index (χ2v) is 4.62. The van der Waals surface area contributed by atoms with Gasteiger partial charge in [0.05, 0.1) is 12.1 Å². The van der Waals surface area contributed by atoms with E-state index < -0.39 is 5.82 Å². The molecule has 0 bridgehead atoms. The highest BCUT2D eigenvalue weighted by molar-refractivity contribution is 6.31. The molecule has 0 aliphatic rings. The number of ether oxygens (including phenoxy) is 1. The van der Waals surface area contributed by atoms with Gasteiger partial charge in [-0.3, -0.25) is 4.40 Å². The molecule has 2 heterocycles. The van der Waals surface area contributed by atoms with Gasteiger partial charge in [0, 0.05) is 11.8 Å². The summed E-state index contributed by atoms with van der Waals surface area (Å²) >= 11 is 5.80. The minimum atomic E-state index is -0.539. The Morgan fingerprint density at radius 2 is 2.10 bits per heavy atom. The largest absolute Gasteiger partial charge is 0.493 e. The summed E-state index contributed by atoms with van der Waals surface area (Å²) in [6, 6.07) is 8.27. The van der Waals surface area contributed by atoms with Crippen LogP contribution in [0.3, 0.4) is 0 Å². The number of anilines is 1. The lowest BCUT2D eigenvalue weighted by Crippen LogP contribution is -1.95. The third-order valence-corrected chi connectivity index (χ3v) is 3.37. The molecule has 0 fully saturated rings. The number of pyridine rings is 1. The molecule has 0 aliphatic heterocycles. The summed E-state index contributed by atoms with van der Waals surface area (Å²) < 4.78 is 21.0. The molecule has 0 saturated heterocycles. The van der Waals surface area contributed by atoms with Crippen LogP contribution >= 0.6 is 11.6 Å². The van der Waals surface area contributed by atoms with Gasteiger partial charge in [0.25, 0.3) is 0 Å². The van der Waals surface area contributed by atoms with Crippen LogP contribution in [0, 0.1) is 5.82 Å². The Morgan fingerprint density at radius 1 is 1.30 bits per heavy atom. The number of aromatic nitrogens is 2. The second-order valence-electron chi connectivity index (χ2n) is 4.22. The number of fused-ring (bicyclic) bond motifs is 1. The average Bonchev–Trinajstić information content (AvgIpc) is 2.79. The lowest BCUT2D eigenvalue weighted by atomic mass is 10.1. The fourth-order valence-electron chi connectivity index (χ4n) is 2.11. The molecule has 1 aromatic carbocycles. The number of nitrogens with zero attached hydrogens (tertiary/aromatic N) is 2. The van der Waals surface area contributed by atoms with Crippen LogP contribution in [0.1, 0.15) is 0 Å². The van der Waals surface area contributed by atoms with Crippen LogP contribution in [0.25, 0.3) is 16.9 Å². The van der Waals surface area contributed by atoms with Gasteiger partial charge >= 0.3 is 0 Å². The lowest BCUT2D eigenvalue weighted by molar-refractivity contribution is 0.417. The predicted octanol–water partition coefficient (Wildman–Crippen LogP) is 3.38. The van der Waals surface area contributed by atoms with Crippen LogP contribution in [0.5, 0.6) is 5.75 Å². The zero-order chi connectivity index (χ0) is 14.3. The van der Waals surface area contributed by atoms with Crippen molar-refractivity contribution in [3.63, 3.8) is 0 Å². The molecule has 3 aromatic rings. The van der Waals surface area contributed by atoms with Crippen molar-refractivity contribution in [3.05, 3.63) is 47.4 Å². The van der Waals surface area contributed by atoms with E-state index in [1.165, 1.54) is 6.07 Å². The van der Waals surface area contributed by atoms with E-state index in [4.69, 9.17) is 22.1 Å². The van der Waals surface area contributed by atoms with Crippen molar-refractivity contribution >= 4 is 23.1 Å². The van der Waals surface area contributed by atoms with E-state index in [9.17, 15) is 4.39 Å². The minimum Gasteiger partial charge on any atom is -0.493 e. The van der Waals surface area contributed by atoms with Gasteiger partial charge in [-0.25, -0.2) is 9.37 Å². The third kappa shape index (κ3) is 1.78. The van der Waals surface area contributed by atoms with Gasteiger partial charge in [0.1, 0.15) is 11.5 Å². The Balaban J connectivity index is 2.32. The van der Waals surface area contributed by atoms with Crippen molar-refractivity contribution in [1.29, 1.82) is 0 Å². The smallest absolute Gasteiger partial charge is 0.181 e. The Kier molecular flexibility index (Phi) is 2.99. The molecule has 6 heteroatoms. The highest BCUT2D eigenvalue weighted by Crippen LogP contribution is 2.33. The normalized spacial score (nSPS) is 10.9. The van der Waals surface area contributed by atoms with E-state index >= 15 is 0 Å². The number of halogens is 2. The van der Waals surface area contributed by atoms with Crippen molar-refractivity contribution in [2.24, 2.45) is 0 Å². The fraction of sp³-hybridized carbons (Fsp3) is 0.0714. The summed E-state index contributed by atoms with van der Waals surface area (Å²) in [5.41, 5.74) is 7.18. The van der Waals surface area contributed by atoms with Crippen LogP contribution in [-0.4, -0.2) is 16.5 Å². The number of imidazole rings is 1. The van der Waals surface area contributed by atoms with E-state index in [-0.39, 0.29) is 10.6 Å². The molecule has 0 unspecified atom stereocenters. The number of hydrogen-bond donors (Lipinski definition) is 1.